The molecule has 33 heavy (non-hydrogen) atoms. The van der Waals surface area contributed by atoms with E-state index < -0.39 is 5.60 Å². The maximum Gasteiger partial charge on any atom is 0.267 e. The number of carbonyl (C=O) groups excluding carboxylic acids is 1. The number of anilines is 1. The highest BCUT2D eigenvalue weighted by Gasteiger charge is 2.30. The van der Waals surface area contributed by atoms with Gasteiger partial charge < -0.3 is 14.5 Å². The van der Waals surface area contributed by atoms with Crippen LogP contribution in [-0.4, -0.2) is 16.5 Å². The maximum atomic E-state index is 13.0. The fourth-order valence-electron chi connectivity index (χ4n) is 3.37. The Morgan fingerprint density at radius 3 is 2.24 bits per heavy atom. The van der Waals surface area contributed by atoms with Gasteiger partial charge in [-0.2, -0.15) is 0 Å². The number of aromatic nitrogens is 1. The average molecular weight is 507 g/mol. The van der Waals surface area contributed by atoms with E-state index in [1.165, 1.54) is 5.56 Å². The van der Waals surface area contributed by atoms with Gasteiger partial charge in [-0.05, 0) is 79.4 Å². The third-order valence-electron chi connectivity index (χ3n) is 5.38. The van der Waals surface area contributed by atoms with Crippen LogP contribution in [0.4, 0.5) is 5.69 Å². The molecule has 5 nitrogen and oxygen atoms in total. The minimum Gasteiger partial charge on any atom is -0.478 e. The first kappa shape index (κ1) is 23.1. The van der Waals surface area contributed by atoms with Gasteiger partial charge in [0.2, 0.25) is 5.89 Å². The van der Waals surface area contributed by atoms with Crippen molar-refractivity contribution in [3.8, 4) is 17.2 Å². The zero-order chi connectivity index (χ0) is 23.8. The number of oxazole rings is 1. The Labute approximate surface area is 202 Å². The zero-order valence-corrected chi connectivity index (χ0v) is 21.0. The Hall–Kier alpha value is -3.12. The van der Waals surface area contributed by atoms with Crippen molar-refractivity contribution in [2.75, 3.05) is 5.32 Å². The van der Waals surface area contributed by atoms with Crippen molar-refractivity contribution < 1.29 is 13.9 Å². The van der Waals surface area contributed by atoms with Gasteiger partial charge in [-0.3, -0.25) is 4.79 Å². The van der Waals surface area contributed by atoms with Crippen LogP contribution in [0.15, 0.2) is 75.6 Å². The minimum absolute atomic E-state index is 0.0579. The van der Waals surface area contributed by atoms with Crippen LogP contribution >= 0.6 is 15.9 Å². The van der Waals surface area contributed by atoms with E-state index >= 15 is 0 Å². The number of halogens is 1. The van der Waals surface area contributed by atoms with Crippen LogP contribution in [0.1, 0.15) is 40.2 Å². The van der Waals surface area contributed by atoms with Crippen LogP contribution in [0.5, 0.6) is 5.75 Å². The first-order valence-corrected chi connectivity index (χ1v) is 11.6. The quantitative estimate of drug-likeness (QED) is 0.307. The molecule has 0 saturated carbocycles. The van der Waals surface area contributed by atoms with Crippen molar-refractivity contribution in [1.82, 2.24) is 4.98 Å². The second kappa shape index (κ2) is 8.67. The molecule has 0 saturated heterocycles. The normalized spacial score (nSPS) is 12.1. The number of rotatable bonds is 5. The Morgan fingerprint density at radius 1 is 0.939 bits per heavy atom. The van der Waals surface area contributed by atoms with Crippen molar-refractivity contribution in [1.29, 1.82) is 0 Å². The van der Waals surface area contributed by atoms with E-state index in [-0.39, 0.29) is 11.3 Å². The molecule has 0 atom stereocenters. The van der Waals surface area contributed by atoms with E-state index in [0.717, 1.165) is 10.0 Å². The standard InChI is InChI=1S/C27H27BrN2O3/c1-26(2,3)18-8-13-21(14-9-18)33-27(4,5)25(31)29-20-12-15-23-22(16-20)30-24(32-23)17-6-10-19(28)11-7-17/h6-16H,1-5H3,(H,29,31). The number of hydrogen-bond acceptors (Lipinski definition) is 4. The lowest BCUT2D eigenvalue weighted by Gasteiger charge is -2.26. The van der Waals surface area contributed by atoms with Gasteiger partial charge in [-0.25, -0.2) is 4.98 Å². The zero-order valence-electron chi connectivity index (χ0n) is 19.4. The van der Waals surface area contributed by atoms with Crippen molar-refractivity contribution in [2.45, 2.75) is 45.6 Å². The molecule has 1 heterocycles. The highest BCUT2D eigenvalue weighted by Crippen LogP contribution is 2.29. The highest BCUT2D eigenvalue weighted by atomic mass is 79.9. The summed E-state index contributed by atoms with van der Waals surface area (Å²) in [6.07, 6.45) is 0. The summed E-state index contributed by atoms with van der Waals surface area (Å²) in [5.74, 6) is 0.927. The van der Waals surface area contributed by atoms with E-state index in [4.69, 9.17) is 9.15 Å². The number of hydrogen-bond donors (Lipinski definition) is 1. The molecule has 0 aliphatic carbocycles. The molecule has 4 aromatic rings. The number of ether oxygens (including phenoxy) is 1. The molecule has 0 fully saturated rings. The monoisotopic (exact) mass is 506 g/mol. The fraction of sp³-hybridized carbons (Fsp3) is 0.259. The lowest BCUT2D eigenvalue weighted by molar-refractivity contribution is -0.128. The fourth-order valence-corrected chi connectivity index (χ4v) is 3.63. The van der Waals surface area contributed by atoms with Crippen LogP contribution in [0, 0.1) is 0 Å². The Balaban J connectivity index is 1.48. The van der Waals surface area contributed by atoms with Crippen molar-refractivity contribution in [2.24, 2.45) is 0 Å². The van der Waals surface area contributed by atoms with E-state index in [2.05, 4.69) is 47.0 Å². The second-order valence-electron chi connectivity index (χ2n) is 9.55. The number of carbonyl (C=O) groups is 1. The van der Waals surface area contributed by atoms with Crippen LogP contribution in [0.25, 0.3) is 22.6 Å². The third-order valence-corrected chi connectivity index (χ3v) is 5.91. The summed E-state index contributed by atoms with van der Waals surface area (Å²) in [5, 5.41) is 2.93. The lowest BCUT2D eigenvalue weighted by atomic mass is 9.87. The van der Waals surface area contributed by atoms with Crippen molar-refractivity contribution in [3.63, 3.8) is 0 Å². The molecule has 1 aromatic heterocycles. The van der Waals surface area contributed by atoms with Gasteiger partial charge in [0.25, 0.3) is 5.91 Å². The average Bonchev–Trinajstić information content (AvgIpc) is 3.17. The lowest BCUT2D eigenvalue weighted by Crippen LogP contribution is -2.42. The summed E-state index contributed by atoms with van der Waals surface area (Å²) >= 11 is 3.43. The van der Waals surface area contributed by atoms with E-state index in [1.54, 1.807) is 32.0 Å². The number of fused-ring (bicyclic) bond motifs is 1. The molecule has 4 rings (SSSR count). The summed E-state index contributed by atoms with van der Waals surface area (Å²) < 4.78 is 12.9. The van der Waals surface area contributed by atoms with Gasteiger partial charge in [-0.1, -0.05) is 48.8 Å². The highest BCUT2D eigenvalue weighted by molar-refractivity contribution is 9.10. The summed E-state index contributed by atoms with van der Waals surface area (Å²) in [5.41, 5.74) is 3.03. The van der Waals surface area contributed by atoms with E-state index in [1.807, 2.05) is 48.5 Å². The summed E-state index contributed by atoms with van der Waals surface area (Å²) in [6.45, 7) is 9.98. The summed E-state index contributed by atoms with van der Waals surface area (Å²) in [6, 6.07) is 21.0. The number of benzene rings is 3. The molecule has 170 valence electrons. The SMILES string of the molecule is CC(C)(Oc1ccc(C(C)(C)C)cc1)C(=O)Nc1ccc2oc(-c3ccc(Br)cc3)nc2c1. The van der Waals surface area contributed by atoms with Crippen LogP contribution in [0.3, 0.4) is 0 Å². The van der Waals surface area contributed by atoms with Gasteiger partial charge in [-0.15, -0.1) is 0 Å². The molecule has 0 aliphatic rings. The molecule has 0 spiro atoms. The molecular weight excluding hydrogens is 480 g/mol. The number of nitrogens with one attached hydrogen (secondary N) is 1. The van der Waals surface area contributed by atoms with Crippen LogP contribution in [-0.2, 0) is 10.2 Å². The Morgan fingerprint density at radius 2 is 1.61 bits per heavy atom. The molecule has 0 bridgehead atoms. The molecule has 0 unspecified atom stereocenters. The number of amides is 1. The van der Waals surface area contributed by atoms with Gasteiger partial charge in [0, 0.05) is 15.7 Å². The molecule has 3 aromatic carbocycles. The summed E-state index contributed by atoms with van der Waals surface area (Å²) in [4.78, 5) is 17.5. The first-order chi connectivity index (χ1) is 15.5. The minimum atomic E-state index is -1.06. The number of nitrogens with zero attached hydrogens (tertiary/aromatic N) is 1. The molecular formula is C27H27BrN2O3. The predicted molar refractivity (Wildman–Crippen MR) is 136 cm³/mol. The first-order valence-electron chi connectivity index (χ1n) is 10.8. The van der Waals surface area contributed by atoms with Gasteiger partial charge in [0.1, 0.15) is 11.3 Å². The largest absolute Gasteiger partial charge is 0.478 e. The maximum absolute atomic E-state index is 13.0. The van der Waals surface area contributed by atoms with Gasteiger partial charge in [0.05, 0.1) is 0 Å². The van der Waals surface area contributed by atoms with Crippen molar-refractivity contribution in [3.05, 3.63) is 76.8 Å². The molecule has 1 N–H and O–H groups in total. The smallest absolute Gasteiger partial charge is 0.267 e. The molecule has 1 amide bonds. The molecule has 0 radical (unpaired) electrons. The van der Waals surface area contributed by atoms with Crippen LogP contribution < -0.4 is 10.1 Å². The second-order valence-corrected chi connectivity index (χ2v) is 10.5. The molecule has 0 aliphatic heterocycles. The Bertz CT molecular complexity index is 1280. The van der Waals surface area contributed by atoms with E-state index in [0.29, 0.717) is 28.4 Å². The van der Waals surface area contributed by atoms with E-state index in [9.17, 15) is 4.79 Å². The predicted octanol–water partition coefficient (Wildman–Crippen LogP) is 7.35. The summed E-state index contributed by atoms with van der Waals surface area (Å²) in [7, 11) is 0. The van der Waals surface area contributed by atoms with Gasteiger partial charge in [0.15, 0.2) is 11.2 Å². The van der Waals surface area contributed by atoms with Gasteiger partial charge >= 0.3 is 0 Å². The molecule has 6 heteroatoms. The Kier molecular flexibility index (Phi) is 6.06. The topological polar surface area (TPSA) is 64.4 Å². The third kappa shape index (κ3) is 5.28. The van der Waals surface area contributed by atoms with Crippen molar-refractivity contribution >= 4 is 38.6 Å². The van der Waals surface area contributed by atoms with Crippen LogP contribution in [0.2, 0.25) is 0 Å².